The molecule has 0 aliphatic carbocycles. The predicted molar refractivity (Wildman–Crippen MR) is 97.2 cm³/mol. The van der Waals surface area contributed by atoms with Crippen LogP contribution in [0.1, 0.15) is 16.1 Å². The van der Waals surface area contributed by atoms with Crippen LogP contribution in [0.2, 0.25) is 0 Å². The highest BCUT2D eigenvalue weighted by Gasteiger charge is 2.14. The highest BCUT2D eigenvalue weighted by Crippen LogP contribution is 2.31. The number of anilines is 1. The number of amides is 1. The fourth-order valence-electron chi connectivity index (χ4n) is 2.40. The molecule has 3 aromatic heterocycles. The van der Waals surface area contributed by atoms with Gasteiger partial charge in [-0.25, -0.2) is 9.67 Å². The van der Waals surface area contributed by atoms with Crippen molar-refractivity contribution in [2.75, 3.05) is 5.32 Å². The van der Waals surface area contributed by atoms with E-state index in [0.717, 1.165) is 22.0 Å². The third-order valence-electron chi connectivity index (χ3n) is 3.66. The van der Waals surface area contributed by atoms with E-state index in [9.17, 15) is 4.79 Å². The van der Waals surface area contributed by atoms with Crippen LogP contribution in [0.4, 0.5) is 5.13 Å². The molecule has 8 nitrogen and oxygen atoms in total. The summed E-state index contributed by atoms with van der Waals surface area (Å²) in [5, 5.41) is 14.4. The van der Waals surface area contributed by atoms with Crippen molar-refractivity contribution in [1.29, 1.82) is 0 Å². The van der Waals surface area contributed by atoms with Crippen LogP contribution in [0.5, 0.6) is 0 Å². The average molecular weight is 363 g/mol. The summed E-state index contributed by atoms with van der Waals surface area (Å²) in [4.78, 5) is 22.2. The first kappa shape index (κ1) is 16.0. The summed E-state index contributed by atoms with van der Waals surface area (Å²) in [6.45, 7) is 1.90. The van der Waals surface area contributed by atoms with Crippen molar-refractivity contribution >= 4 is 22.4 Å². The lowest BCUT2D eigenvalue weighted by molar-refractivity contribution is 0.102. The Bertz CT molecular complexity index is 1030. The van der Waals surface area contributed by atoms with Gasteiger partial charge >= 0.3 is 0 Å². The van der Waals surface area contributed by atoms with Crippen LogP contribution in [-0.2, 0) is 0 Å². The van der Waals surface area contributed by atoms with Crippen molar-refractivity contribution in [1.82, 2.24) is 30.2 Å². The van der Waals surface area contributed by atoms with E-state index < -0.39 is 0 Å². The third-order valence-corrected chi connectivity index (χ3v) is 4.75. The van der Waals surface area contributed by atoms with Crippen molar-refractivity contribution in [2.24, 2.45) is 0 Å². The van der Waals surface area contributed by atoms with Gasteiger partial charge in [-0.15, -0.1) is 5.10 Å². The Kier molecular flexibility index (Phi) is 4.20. The molecule has 1 N–H and O–H groups in total. The van der Waals surface area contributed by atoms with Crippen LogP contribution in [0, 0.1) is 6.92 Å². The number of aromatic nitrogens is 6. The number of tetrazole rings is 1. The summed E-state index contributed by atoms with van der Waals surface area (Å²) in [5.41, 5.74) is 2.97. The maximum Gasteiger partial charge on any atom is 0.257 e. The Hall–Kier alpha value is -3.46. The molecule has 26 heavy (non-hydrogen) atoms. The quantitative estimate of drug-likeness (QED) is 0.599. The molecule has 128 valence electrons. The maximum absolute atomic E-state index is 12.5. The van der Waals surface area contributed by atoms with Gasteiger partial charge in [0.15, 0.2) is 5.13 Å². The molecule has 0 unspecified atom stereocenters. The van der Waals surface area contributed by atoms with Gasteiger partial charge in [-0.2, -0.15) is 0 Å². The molecule has 0 aliphatic heterocycles. The van der Waals surface area contributed by atoms with E-state index >= 15 is 0 Å². The molecule has 4 aromatic rings. The molecular weight excluding hydrogens is 350 g/mol. The summed E-state index contributed by atoms with van der Waals surface area (Å²) < 4.78 is 1.52. The number of pyridine rings is 1. The smallest absolute Gasteiger partial charge is 0.257 e. The van der Waals surface area contributed by atoms with Gasteiger partial charge < -0.3 is 0 Å². The van der Waals surface area contributed by atoms with Crippen molar-refractivity contribution in [2.45, 2.75) is 6.92 Å². The Labute approximate surface area is 152 Å². The van der Waals surface area contributed by atoms with Crippen LogP contribution in [-0.4, -0.2) is 36.1 Å². The lowest BCUT2D eigenvalue weighted by Crippen LogP contribution is -2.11. The molecule has 0 saturated carbocycles. The van der Waals surface area contributed by atoms with Crippen LogP contribution in [0.25, 0.3) is 16.3 Å². The molecule has 4 rings (SSSR count). The van der Waals surface area contributed by atoms with E-state index in [-0.39, 0.29) is 5.91 Å². The molecule has 0 aliphatic rings. The van der Waals surface area contributed by atoms with Crippen molar-refractivity contribution in [3.8, 4) is 16.3 Å². The first-order valence-electron chi connectivity index (χ1n) is 7.74. The Balaban J connectivity index is 1.52. The maximum atomic E-state index is 12.5. The Morgan fingerprint density at radius 1 is 1.15 bits per heavy atom. The molecule has 0 bridgehead atoms. The number of benzene rings is 1. The number of nitrogens with zero attached hydrogens (tertiary/aromatic N) is 6. The minimum Gasteiger partial charge on any atom is -0.298 e. The van der Waals surface area contributed by atoms with Crippen molar-refractivity contribution in [3.63, 3.8) is 0 Å². The van der Waals surface area contributed by atoms with Gasteiger partial charge in [-0.3, -0.25) is 15.1 Å². The second-order valence-corrected chi connectivity index (χ2v) is 6.40. The third kappa shape index (κ3) is 3.20. The van der Waals surface area contributed by atoms with Gasteiger partial charge in [-0.05, 0) is 53.7 Å². The number of nitrogens with one attached hydrogen (secondary N) is 1. The van der Waals surface area contributed by atoms with Gasteiger partial charge in [0.05, 0.1) is 22.0 Å². The summed E-state index contributed by atoms with van der Waals surface area (Å²) in [6.07, 6.45) is 3.23. The molecule has 9 heteroatoms. The number of hydrogen-bond acceptors (Lipinski definition) is 7. The largest absolute Gasteiger partial charge is 0.298 e. The predicted octanol–water partition coefficient (Wildman–Crippen LogP) is 2.74. The zero-order valence-electron chi connectivity index (χ0n) is 13.7. The van der Waals surface area contributed by atoms with Gasteiger partial charge in [0.2, 0.25) is 0 Å². The molecule has 3 heterocycles. The van der Waals surface area contributed by atoms with E-state index in [4.69, 9.17) is 0 Å². The summed E-state index contributed by atoms with van der Waals surface area (Å²) in [6, 6.07) is 12.7. The van der Waals surface area contributed by atoms with Gasteiger partial charge in [0.25, 0.3) is 5.91 Å². The molecule has 0 spiro atoms. The van der Waals surface area contributed by atoms with Crippen LogP contribution < -0.4 is 5.32 Å². The minimum absolute atomic E-state index is 0.227. The number of hydrogen-bond donors (Lipinski definition) is 1. The molecule has 0 fully saturated rings. The van der Waals surface area contributed by atoms with Crippen LogP contribution in [0.3, 0.4) is 0 Å². The van der Waals surface area contributed by atoms with Crippen LogP contribution >= 0.6 is 11.3 Å². The van der Waals surface area contributed by atoms with Crippen molar-refractivity contribution in [3.05, 3.63) is 66.2 Å². The van der Waals surface area contributed by atoms with E-state index in [1.807, 2.05) is 25.1 Å². The fourth-order valence-corrected chi connectivity index (χ4v) is 3.34. The number of rotatable bonds is 4. The highest BCUT2D eigenvalue weighted by molar-refractivity contribution is 7.19. The molecule has 0 saturated heterocycles. The molecule has 0 radical (unpaired) electrons. The first-order valence-corrected chi connectivity index (χ1v) is 8.56. The zero-order valence-corrected chi connectivity index (χ0v) is 14.5. The summed E-state index contributed by atoms with van der Waals surface area (Å²) >= 11 is 1.40. The van der Waals surface area contributed by atoms with Crippen LogP contribution in [0.15, 0.2) is 55.0 Å². The van der Waals surface area contributed by atoms with E-state index in [1.165, 1.54) is 22.3 Å². The fraction of sp³-hybridized carbons (Fsp3) is 0.0588. The molecule has 1 aromatic carbocycles. The van der Waals surface area contributed by atoms with Gasteiger partial charge in [0.1, 0.15) is 6.33 Å². The monoisotopic (exact) mass is 363 g/mol. The standard InChI is InChI=1S/C17H13N7OS/c1-11-15(14-4-2-3-9-18-14)26-17(20-11)21-16(25)12-5-7-13(8-6-12)24-10-19-22-23-24/h2-10H,1H3,(H,20,21,25). The number of carbonyl (C=O) groups is 1. The highest BCUT2D eigenvalue weighted by atomic mass is 32.1. The Morgan fingerprint density at radius 2 is 2.00 bits per heavy atom. The second-order valence-electron chi connectivity index (χ2n) is 5.40. The second kappa shape index (κ2) is 6.81. The normalized spacial score (nSPS) is 10.7. The molecule has 1 amide bonds. The zero-order chi connectivity index (χ0) is 17.9. The van der Waals surface area contributed by atoms with E-state index in [1.54, 1.807) is 30.5 Å². The lowest BCUT2D eigenvalue weighted by atomic mass is 10.2. The van der Waals surface area contributed by atoms with E-state index in [2.05, 4.69) is 30.8 Å². The van der Waals surface area contributed by atoms with Gasteiger partial charge in [-0.1, -0.05) is 17.4 Å². The topological polar surface area (TPSA) is 98.5 Å². The summed E-state index contributed by atoms with van der Waals surface area (Å²) in [7, 11) is 0. The lowest BCUT2D eigenvalue weighted by Gasteiger charge is -2.03. The summed E-state index contributed by atoms with van der Waals surface area (Å²) in [5.74, 6) is -0.227. The average Bonchev–Trinajstić information content (AvgIpc) is 3.32. The molecular formula is C17H13N7OS. The minimum atomic E-state index is -0.227. The first-order chi connectivity index (χ1) is 12.7. The van der Waals surface area contributed by atoms with E-state index in [0.29, 0.717) is 10.7 Å². The van der Waals surface area contributed by atoms with Gasteiger partial charge in [0, 0.05) is 11.8 Å². The Morgan fingerprint density at radius 3 is 2.69 bits per heavy atom. The number of carbonyl (C=O) groups excluding carboxylic acids is 1. The molecule has 0 atom stereocenters. The number of thiazole rings is 1. The SMILES string of the molecule is Cc1nc(NC(=O)c2ccc(-n3cnnn3)cc2)sc1-c1ccccn1. The van der Waals surface area contributed by atoms with Crippen molar-refractivity contribution < 1.29 is 4.79 Å². The number of aryl methyl sites for hydroxylation is 1.